The summed E-state index contributed by atoms with van der Waals surface area (Å²) in [5.41, 5.74) is 1.83. The maximum atomic E-state index is 12.3. The molecule has 1 aromatic heterocycles. The van der Waals surface area contributed by atoms with Gasteiger partial charge in [-0.1, -0.05) is 24.2 Å². The number of hydrogen-bond acceptors (Lipinski definition) is 5. The largest absolute Gasteiger partial charge is 0.388 e. The van der Waals surface area contributed by atoms with Gasteiger partial charge in [-0.05, 0) is 38.0 Å². The molecule has 114 valence electrons. The van der Waals surface area contributed by atoms with Gasteiger partial charge in [0.15, 0.2) is 0 Å². The molecule has 1 aromatic carbocycles. The second-order valence-electron chi connectivity index (χ2n) is 4.82. The molecule has 21 heavy (non-hydrogen) atoms. The molecule has 0 saturated heterocycles. The van der Waals surface area contributed by atoms with Gasteiger partial charge in [-0.2, -0.15) is 0 Å². The van der Waals surface area contributed by atoms with E-state index in [9.17, 15) is 13.5 Å². The van der Waals surface area contributed by atoms with Gasteiger partial charge in [-0.15, -0.1) is 0 Å². The van der Waals surface area contributed by atoms with E-state index in [4.69, 9.17) is 4.52 Å². The molecule has 0 saturated carbocycles. The van der Waals surface area contributed by atoms with E-state index in [-0.39, 0.29) is 10.8 Å². The Kier molecular flexibility index (Phi) is 4.34. The van der Waals surface area contributed by atoms with Crippen molar-refractivity contribution in [2.45, 2.75) is 38.2 Å². The van der Waals surface area contributed by atoms with Crippen LogP contribution in [0.3, 0.4) is 0 Å². The number of nitrogens with one attached hydrogen (secondary N) is 1. The lowest BCUT2D eigenvalue weighted by atomic mass is 10.1. The molecule has 2 N–H and O–H groups in total. The maximum absolute atomic E-state index is 12.3. The first-order valence-electron chi connectivity index (χ1n) is 6.59. The van der Waals surface area contributed by atoms with Crippen LogP contribution in [0.1, 0.15) is 36.3 Å². The molecule has 6 nitrogen and oxygen atoms in total. The second kappa shape index (κ2) is 5.87. The van der Waals surface area contributed by atoms with Crippen molar-refractivity contribution in [3.63, 3.8) is 0 Å². The van der Waals surface area contributed by atoms with Crippen LogP contribution >= 0.6 is 0 Å². The summed E-state index contributed by atoms with van der Waals surface area (Å²) in [7, 11) is -3.78. The van der Waals surface area contributed by atoms with Crippen molar-refractivity contribution in [3.8, 4) is 0 Å². The highest BCUT2D eigenvalue weighted by molar-refractivity contribution is 7.92. The van der Waals surface area contributed by atoms with Crippen LogP contribution in [0.15, 0.2) is 33.7 Å². The quantitative estimate of drug-likeness (QED) is 0.885. The van der Waals surface area contributed by atoms with Crippen molar-refractivity contribution in [1.29, 1.82) is 0 Å². The fourth-order valence-corrected chi connectivity index (χ4v) is 2.92. The zero-order chi connectivity index (χ0) is 15.6. The van der Waals surface area contributed by atoms with Gasteiger partial charge >= 0.3 is 0 Å². The van der Waals surface area contributed by atoms with Crippen LogP contribution in [-0.4, -0.2) is 18.7 Å². The summed E-state index contributed by atoms with van der Waals surface area (Å²) >= 11 is 0. The highest BCUT2D eigenvalue weighted by Crippen LogP contribution is 2.24. The molecule has 0 spiro atoms. The number of aryl methyl sites for hydroxylation is 1. The molecule has 0 aliphatic rings. The minimum absolute atomic E-state index is 0.0703. The normalized spacial score (nSPS) is 13.1. The number of sulfonamides is 1. The third-order valence-corrected chi connectivity index (χ3v) is 4.65. The molecular formula is C14H18N2O4S. The molecule has 0 fully saturated rings. The average Bonchev–Trinajstić information content (AvgIpc) is 2.78. The van der Waals surface area contributed by atoms with Gasteiger partial charge in [0.1, 0.15) is 0 Å². The fraction of sp³-hybridized carbons (Fsp3) is 0.357. The predicted octanol–water partition coefficient (Wildman–Crippen LogP) is 2.54. The van der Waals surface area contributed by atoms with E-state index in [0.29, 0.717) is 23.2 Å². The van der Waals surface area contributed by atoms with Gasteiger partial charge in [-0.3, -0.25) is 0 Å². The Balaban J connectivity index is 2.34. The number of rotatable bonds is 5. The Morgan fingerprint density at radius 2 is 2.10 bits per heavy atom. The topological polar surface area (TPSA) is 92.4 Å². The molecule has 0 aliphatic heterocycles. The molecule has 1 unspecified atom stereocenters. The molecule has 1 heterocycles. The van der Waals surface area contributed by atoms with Crippen LogP contribution in [-0.2, 0) is 10.0 Å². The lowest BCUT2D eigenvalue weighted by Crippen LogP contribution is -2.13. The highest BCUT2D eigenvalue weighted by Gasteiger charge is 2.20. The lowest BCUT2D eigenvalue weighted by molar-refractivity contribution is 0.173. The Morgan fingerprint density at radius 1 is 1.38 bits per heavy atom. The molecule has 0 amide bonds. The van der Waals surface area contributed by atoms with E-state index in [1.807, 2.05) is 6.92 Å². The maximum Gasteiger partial charge on any atom is 0.264 e. The summed E-state index contributed by atoms with van der Waals surface area (Å²) in [4.78, 5) is 0.0703. The Morgan fingerprint density at radius 3 is 2.67 bits per heavy atom. The third kappa shape index (κ3) is 3.25. The SMILES string of the molecule is CCC(O)c1cccc(S(=O)(=O)Nc2onc(C)c2C)c1. The summed E-state index contributed by atoms with van der Waals surface area (Å²) in [5.74, 6) is 0.106. The number of aliphatic hydroxyl groups is 1. The van der Waals surface area contributed by atoms with Crippen molar-refractivity contribution in [3.05, 3.63) is 41.1 Å². The van der Waals surface area contributed by atoms with E-state index in [0.717, 1.165) is 0 Å². The predicted molar refractivity (Wildman–Crippen MR) is 78.5 cm³/mol. The number of anilines is 1. The first-order valence-corrected chi connectivity index (χ1v) is 8.07. The van der Waals surface area contributed by atoms with E-state index in [1.54, 1.807) is 26.0 Å². The van der Waals surface area contributed by atoms with Crippen molar-refractivity contribution >= 4 is 15.9 Å². The van der Waals surface area contributed by atoms with Crippen LogP contribution in [0.2, 0.25) is 0 Å². The van der Waals surface area contributed by atoms with Gasteiger partial charge in [0.25, 0.3) is 10.0 Å². The monoisotopic (exact) mass is 310 g/mol. The minimum atomic E-state index is -3.78. The smallest absolute Gasteiger partial charge is 0.264 e. The zero-order valence-corrected chi connectivity index (χ0v) is 12.9. The van der Waals surface area contributed by atoms with E-state index in [1.165, 1.54) is 12.1 Å². The first-order chi connectivity index (χ1) is 9.85. The number of hydrogen-bond donors (Lipinski definition) is 2. The molecular weight excluding hydrogens is 292 g/mol. The van der Waals surface area contributed by atoms with Crippen LogP contribution in [0.4, 0.5) is 5.88 Å². The van der Waals surface area contributed by atoms with Crippen molar-refractivity contribution in [2.75, 3.05) is 4.72 Å². The molecule has 0 aliphatic carbocycles. The van der Waals surface area contributed by atoms with Crippen LogP contribution < -0.4 is 4.72 Å². The number of nitrogens with zero attached hydrogens (tertiary/aromatic N) is 1. The van der Waals surface area contributed by atoms with Gasteiger partial charge in [-0.25, -0.2) is 13.1 Å². The van der Waals surface area contributed by atoms with Crippen molar-refractivity contribution < 1.29 is 18.0 Å². The zero-order valence-electron chi connectivity index (χ0n) is 12.1. The molecule has 2 rings (SSSR count). The number of aromatic nitrogens is 1. The third-order valence-electron chi connectivity index (χ3n) is 3.32. The molecule has 1 atom stereocenters. The summed E-state index contributed by atoms with van der Waals surface area (Å²) < 4.78 is 32.0. The Hall–Kier alpha value is -1.86. The van der Waals surface area contributed by atoms with Crippen molar-refractivity contribution in [1.82, 2.24) is 5.16 Å². The molecule has 0 bridgehead atoms. The van der Waals surface area contributed by atoms with E-state index < -0.39 is 16.1 Å². The average molecular weight is 310 g/mol. The Bertz CT molecular complexity index is 737. The van der Waals surface area contributed by atoms with Gasteiger partial charge in [0.05, 0.1) is 16.7 Å². The van der Waals surface area contributed by atoms with Crippen LogP contribution in [0, 0.1) is 13.8 Å². The van der Waals surface area contributed by atoms with Gasteiger partial charge < -0.3 is 9.63 Å². The fourth-order valence-electron chi connectivity index (χ4n) is 1.82. The van der Waals surface area contributed by atoms with Crippen LogP contribution in [0.5, 0.6) is 0 Å². The van der Waals surface area contributed by atoms with E-state index in [2.05, 4.69) is 9.88 Å². The van der Waals surface area contributed by atoms with Crippen LogP contribution in [0.25, 0.3) is 0 Å². The number of benzene rings is 1. The lowest BCUT2D eigenvalue weighted by Gasteiger charge is -2.11. The summed E-state index contributed by atoms with van der Waals surface area (Å²) in [6, 6.07) is 6.21. The van der Waals surface area contributed by atoms with Gasteiger partial charge in [0.2, 0.25) is 5.88 Å². The minimum Gasteiger partial charge on any atom is -0.388 e. The van der Waals surface area contributed by atoms with Crippen molar-refractivity contribution in [2.24, 2.45) is 0 Å². The summed E-state index contributed by atoms with van der Waals surface area (Å²) in [6.07, 6.45) is -0.174. The molecule has 0 radical (unpaired) electrons. The second-order valence-corrected chi connectivity index (χ2v) is 6.51. The summed E-state index contributed by atoms with van der Waals surface area (Å²) in [5, 5.41) is 13.5. The van der Waals surface area contributed by atoms with E-state index >= 15 is 0 Å². The number of aliphatic hydroxyl groups excluding tert-OH is 1. The standard InChI is InChI=1S/C14H18N2O4S/c1-4-13(17)11-6-5-7-12(8-11)21(18,19)16-14-9(2)10(3)15-20-14/h5-8,13,16-17H,4H2,1-3H3. The Labute approximate surface area is 123 Å². The molecule has 7 heteroatoms. The van der Waals surface area contributed by atoms with Gasteiger partial charge in [0, 0.05) is 5.56 Å². The highest BCUT2D eigenvalue weighted by atomic mass is 32.2. The first kappa shape index (κ1) is 15.5. The summed E-state index contributed by atoms with van der Waals surface area (Å²) in [6.45, 7) is 5.28. The molecule has 2 aromatic rings.